The third-order valence-corrected chi connectivity index (χ3v) is 3.38. The van der Waals surface area contributed by atoms with Crippen LogP contribution in [0.3, 0.4) is 0 Å². The largest absolute Gasteiger partial charge is 0.391 e. The molecule has 0 bridgehead atoms. The molecule has 1 aromatic rings. The number of hydrogen-bond donors (Lipinski definition) is 2. The molecule has 0 heterocycles. The molecular formula is C14H22N2O3. The molecule has 3 unspecified atom stereocenters. The van der Waals surface area contributed by atoms with Gasteiger partial charge in [-0.05, 0) is 24.3 Å². The fourth-order valence-electron chi connectivity index (χ4n) is 2.12. The van der Waals surface area contributed by atoms with Crippen molar-refractivity contribution in [3.8, 4) is 0 Å². The summed E-state index contributed by atoms with van der Waals surface area (Å²) in [5.41, 5.74) is 6.94. The van der Waals surface area contributed by atoms with E-state index < -0.39 is 11.0 Å². The minimum absolute atomic E-state index is 0.0826. The zero-order valence-electron chi connectivity index (χ0n) is 11.5. The number of nitro benzene ring substituents is 1. The number of nitro groups is 1. The number of rotatable bonds is 7. The Labute approximate surface area is 113 Å². The lowest BCUT2D eigenvalue weighted by molar-refractivity contribution is -0.384. The van der Waals surface area contributed by atoms with E-state index in [4.69, 9.17) is 5.73 Å². The summed E-state index contributed by atoms with van der Waals surface area (Å²) < 4.78 is 0. The van der Waals surface area contributed by atoms with Crippen LogP contribution in [0, 0.1) is 10.1 Å². The summed E-state index contributed by atoms with van der Waals surface area (Å²) in [6.45, 7) is 4.02. The van der Waals surface area contributed by atoms with Crippen LogP contribution in [-0.4, -0.2) is 22.2 Å². The van der Waals surface area contributed by atoms with Crippen LogP contribution in [0.2, 0.25) is 0 Å². The van der Waals surface area contributed by atoms with Gasteiger partial charge >= 0.3 is 0 Å². The van der Waals surface area contributed by atoms with Crippen molar-refractivity contribution < 1.29 is 10.0 Å². The van der Waals surface area contributed by atoms with Gasteiger partial charge in [0.25, 0.3) is 5.69 Å². The van der Waals surface area contributed by atoms with Crippen molar-refractivity contribution in [1.82, 2.24) is 0 Å². The lowest BCUT2D eigenvalue weighted by Gasteiger charge is -2.22. The highest BCUT2D eigenvalue weighted by molar-refractivity contribution is 5.34. The van der Waals surface area contributed by atoms with Crippen LogP contribution in [0.25, 0.3) is 0 Å². The van der Waals surface area contributed by atoms with Gasteiger partial charge in [-0.25, -0.2) is 0 Å². The first-order valence-electron chi connectivity index (χ1n) is 6.63. The van der Waals surface area contributed by atoms with Gasteiger partial charge in [0.15, 0.2) is 0 Å². The number of nitrogens with zero attached hydrogens (tertiary/aromatic N) is 1. The molecule has 1 rings (SSSR count). The monoisotopic (exact) mass is 266 g/mol. The van der Waals surface area contributed by atoms with E-state index in [1.54, 1.807) is 12.1 Å². The molecule has 0 amide bonds. The van der Waals surface area contributed by atoms with Crippen LogP contribution in [0.1, 0.15) is 44.6 Å². The molecular weight excluding hydrogens is 244 g/mol. The number of aliphatic hydroxyl groups is 1. The van der Waals surface area contributed by atoms with E-state index in [1.807, 2.05) is 13.8 Å². The van der Waals surface area contributed by atoms with Crippen molar-refractivity contribution >= 4 is 5.69 Å². The second-order valence-corrected chi connectivity index (χ2v) is 5.01. The molecule has 0 fully saturated rings. The summed E-state index contributed by atoms with van der Waals surface area (Å²) >= 11 is 0. The van der Waals surface area contributed by atoms with Gasteiger partial charge in [0.1, 0.15) is 0 Å². The summed E-state index contributed by atoms with van der Waals surface area (Å²) in [6, 6.07) is 6.25. The summed E-state index contributed by atoms with van der Waals surface area (Å²) in [6.07, 6.45) is 1.78. The topological polar surface area (TPSA) is 89.4 Å². The second-order valence-electron chi connectivity index (χ2n) is 5.01. The van der Waals surface area contributed by atoms with E-state index in [2.05, 4.69) is 0 Å². The number of non-ortho nitro benzene ring substituents is 1. The zero-order chi connectivity index (χ0) is 14.4. The predicted octanol–water partition coefficient (Wildman–Crippen LogP) is 2.58. The maximum Gasteiger partial charge on any atom is 0.269 e. The standard InChI is InChI=1S/C14H22N2O3/c1-3-4-13(15)14(17)9-10(2)11-5-7-12(8-6-11)16(18)19/h5-8,10,13-14,17H,3-4,9,15H2,1-2H3. The zero-order valence-corrected chi connectivity index (χ0v) is 11.5. The molecule has 0 aliphatic rings. The molecule has 3 atom stereocenters. The minimum atomic E-state index is -0.537. The number of benzene rings is 1. The van der Waals surface area contributed by atoms with Crippen LogP contribution in [0.15, 0.2) is 24.3 Å². The molecule has 0 aliphatic heterocycles. The van der Waals surface area contributed by atoms with Crippen molar-refractivity contribution in [1.29, 1.82) is 0 Å². The van der Waals surface area contributed by atoms with Crippen molar-refractivity contribution in [2.75, 3.05) is 0 Å². The highest BCUT2D eigenvalue weighted by atomic mass is 16.6. The smallest absolute Gasteiger partial charge is 0.269 e. The number of nitrogens with two attached hydrogens (primary N) is 1. The molecule has 3 N–H and O–H groups in total. The predicted molar refractivity (Wildman–Crippen MR) is 75.0 cm³/mol. The molecule has 0 aromatic heterocycles. The average molecular weight is 266 g/mol. The van der Waals surface area contributed by atoms with Gasteiger partial charge < -0.3 is 10.8 Å². The number of aliphatic hydroxyl groups excluding tert-OH is 1. The highest BCUT2D eigenvalue weighted by Gasteiger charge is 2.18. The van der Waals surface area contributed by atoms with Crippen molar-refractivity contribution in [3.05, 3.63) is 39.9 Å². The van der Waals surface area contributed by atoms with Gasteiger partial charge in [0.05, 0.1) is 11.0 Å². The lowest BCUT2D eigenvalue weighted by atomic mass is 9.91. The SMILES string of the molecule is CCCC(N)C(O)CC(C)c1ccc([N+](=O)[O-])cc1. The molecule has 5 nitrogen and oxygen atoms in total. The first kappa shape index (κ1) is 15.6. The maximum atomic E-state index is 10.6. The summed E-state index contributed by atoms with van der Waals surface area (Å²) in [5, 5.41) is 20.6. The fraction of sp³-hybridized carbons (Fsp3) is 0.571. The Bertz CT molecular complexity index is 406. The van der Waals surface area contributed by atoms with E-state index >= 15 is 0 Å². The van der Waals surface area contributed by atoms with Crippen LogP contribution in [-0.2, 0) is 0 Å². The third-order valence-electron chi connectivity index (χ3n) is 3.38. The van der Waals surface area contributed by atoms with E-state index in [0.717, 1.165) is 18.4 Å². The lowest BCUT2D eigenvalue weighted by Crippen LogP contribution is -2.35. The molecule has 19 heavy (non-hydrogen) atoms. The van der Waals surface area contributed by atoms with Gasteiger partial charge in [-0.1, -0.05) is 32.4 Å². The van der Waals surface area contributed by atoms with E-state index in [9.17, 15) is 15.2 Å². The Kier molecular flexibility index (Phi) is 5.92. The fourth-order valence-corrected chi connectivity index (χ4v) is 2.12. The molecule has 0 radical (unpaired) electrons. The molecule has 0 saturated carbocycles. The summed E-state index contributed by atoms with van der Waals surface area (Å²) in [7, 11) is 0. The first-order chi connectivity index (χ1) is 8.95. The van der Waals surface area contributed by atoms with E-state index in [0.29, 0.717) is 6.42 Å². The Morgan fingerprint density at radius 2 is 1.95 bits per heavy atom. The molecule has 0 aliphatic carbocycles. The number of hydrogen-bond acceptors (Lipinski definition) is 4. The van der Waals surface area contributed by atoms with Gasteiger partial charge in [0, 0.05) is 18.2 Å². The third kappa shape index (κ3) is 4.61. The van der Waals surface area contributed by atoms with Gasteiger partial charge in [0.2, 0.25) is 0 Å². The van der Waals surface area contributed by atoms with Crippen molar-refractivity contribution in [2.45, 2.75) is 51.2 Å². The second kappa shape index (κ2) is 7.21. The Hall–Kier alpha value is -1.46. The molecule has 0 spiro atoms. The summed E-state index contributed by atoms with van der Waals surface area (Å²) in [4.78, 5) is 10.2. The van der Waals surface area contributed by atoms with Crippen molar-refractivity contribution in [3.63, 3.8) is 0 Å². The Balaban J connectivity index is 2.62. The average Bonchev–Trinajstić information content (AvgIpc) is 2.38. The Morgan fingerprint density at radius 3 is 2.42 bits per heavy atom. The van der Waals surface area contributed by atoms with Gasteiger partial charge in [-0.15, -0.1) is 0 Å². The van der Waals surface area contributed by atoms with Crippen LogP contribution >= 0.6 is 0 Å². The van der Waals surface area contributed by atoms with Crippen molar-refractivity contribution in [2.24, 2.45) is 5.73 Å². The van der Waals surface area contributed by atoms with Gasteiger partial charge in [-0.2, -0.15) is 0 Å². The Morgan fingerprint density at radius 1 is 1.37 bits per heavy atom. The van der Waals surface area contributed by atoms with E-state index in [1.165, 1.54) is 12.1 Å². The van der Waals surface area contributed by atoms with E-state index in [-0.39, 0.29) is 17.6 Å². The molecule has 1 aromatic carbocycles. The molecule has 106 valence electrons. The van der Waals surface area contributed by atoms with Crippen LogP contribution in [0.5, 0.6) is 0 Å². The van der Waals surface area contributed by atoms with Crippen LogP contribution in [0.4, 0.5) is 5.69 Å². The molecule has 0 saturated heterocycles. The summed E-state index contributed by atoms with van der Waals surface area (Å²) in [5.74, 6) is 0.124. The highest BCUT2D eigenvalue weighted by Crippen LogP contribution is 2.24. The maximum absolute atomic E-state index is 10.6. The van der Waals surface area contributed by atoms with Gasteiger partial charge in [-0.3, -0.25) is 10.1 Å². The minimum Gasteiger partial charge on any atom is -0.391 e. The quantitative estimate of drug-likeness (QED) is 0.586. The first-order valence-corrected chi connectivity index (χ1v) is 6.63. The normalized spacial score (nSPS) is 15.8. The van der Waals surface area contributed by atoms with Crippen LogP contribution < -0.4 is 5.73 Å². The molecule has 5 heteroatoms.